The standard InChI is InChI=1S/C33H41N3O19/c37-12-19-25(47)26(48)29(51)33(54-19)55-30-20(13-38)53-32(28(50)27(30)49)34-31(52)15-3-1-14(2-4-15)16-5-6-17(35(8-21(39)40)9-22(41)42)18(7-16)36(10-23(43)44)11-24(45)46/h1-7,19-20,25-30,32-33,37-38,47-51H,8-13H2,(H,34,52)(H,39,40)(H,41,42)(H,43,44)(H,45,46)/t19-,20-,25+,26+,27-,28-,29-,30-,32-,33+/m1/s1. The van der Waals surface area contributed by atoms with Gasteiger partial charge < -0.3 is 85.5 Å². The van der Waals surface area contributed by atoms with E-state index in [1.54, 1.807) is 0 Å². The molecule has 2 aromatic carbocycles. The zero-order chi connectivity index (χ0) is 40.7. The van der Waals surface area contributed by atoms with Crippen LogP contribution in [-0.4, -0.2) is 187 Å². The second-order valence-electron chi connectivity index (χ2n) is 12.6. The molecule has 10 atom stereocenters. The molecule has 0 aliphatic carbocycles. The average Bonchev–Trinajstić information content (AvgIpc) is 3.13. The van der Waals surface area contributed by atoms with Gasteiger partial charge in [0.05, 0.1) is 24.6 Å². The Morgan fingerprint density at radius 1 is 0.600 bits per heavy atom. The Balaban J connectivity index is 1.54. The molecular weight excluding hydrogens is 742 g/mol. The third kappa shape index (κ3) is 10.4. The molecule has 55 heavy (non-hydrogen) atoms. The van der Waals surface area contributed by atoms with Gasteiger partial charge in [-0.2, -0.15) is 0 Å². The van der Waals surface area contributed by atoms with E-state index in [4.69, 9.17) is 14.2 Å². The fourth-order valence-electron chi connectivity index (χ4n) is 6.06. The number of aliphatic hydroxyl groups excluding tert-OH is 7. The van der Waals surface area contributed by atoms with Gasteiger partial charge in [-0.15, -0.1) is 0 Å². The predicted octanol–water partition coefficient (Wildman–Crippen LogP) is -4.34. The van der Waals surface area contributed by atoms with Crippen LogP contribution in [0.15, 0.2) is 42.5 Å². The van der Waals surface area contributed by atoms with Crippen LogP contribution in [0.25, 0.3) is 11.1 Å². The number of carbonyl (C=O) groups excluding carboxylic acids is 1. The summed E-state index contributed by atoms with van der Waals surface area (Å²) in [6, 6.07) is 9.60. The van der Waals surface area contributed by atoms with Crippen molar-refractivity contribution < 1.29 is 94.4 Å². The highest BCUT2D eigenvalue weighted by molar-refractivity contribution is 5.95. The fourth-order valence-corrected chi connectivity index (χ4v) is 6.06. The average molecular weight is 784 g/mol. The maximum absolute atomic E-state index is 13.2. The molecule has 0 saturated carbocycles. The lowest BCUT2D eigenvalue weighted by Crippen LogP contribution is -2.66. The highest BCUT2D eigenvalue weighted by atomic mass is 16.7. The lowest BCUT2D eigenvalue weighted by Gasteiger charge is -2.46. The first-order chi connectivity index (χ1) is 25.9. The van der Waals surface area contributed by atoms with Gasteiger partial charge in [-0.1, -0.05) is 18.2 Å². The number of amides is 1. The van der Waals surface area contributed by atoms with Crippen molar-refractivity contribution in [1.82, 2.24) is 5.32 Å². The summed E-state index contributed by atoms with van der Waals surface area (Å²) < 4.78 is 16.4. The molecule has 0 spiro atoms. The van der Waals surface area contributed by atoms with Gasteiger partial charge in [-0.25, -0.2) is 0 Å². The van der Waals surface area contributed by atoms with Gasteiger partial charge in [-0.3, -0.25) is 24.0 Å². The summed E-state index contributed by atoms with van der Waals surface area (Å²) >= 11 is 0. The van der Waals surface area contributed by atoms with E-state index in [9.17, 15) is 80.1 Å². The van der Waals surface area contributed by atoms with Crippen molar-refractivity contribution in [3.8, 4) is 11.1 Å². The quantitative estimate of drug-likeness (QED) is 0.0721. The van der Waals surface area contributed by atoms with Crippen molar-refractivity contribution in [3.63, 3.8) is 0 Å². The summed E-state index contributed by atoms with van der Waals surface area (Å²) in [6.45, 7) is -4.96. The number of nitrogens with one attached hydrogen (secondary N) is 1. The number of aliphatic carboxylic acids is 4. The number of ether oxygens (including phenoxy) is 3. The van der Waals surface area contributed by atoms with E-state index < -0.39 is 131 Å². The SMILES string of the molecule is O=C(O)CN(CC(=O)O)c1ccc(-c2ccc(C(=O)N[C@@H]3O[C@H](CO)[C@@H](O[C@@H]4O[C@H](CO)[C@H](O)[C@H](O)[C@H]4O)[C@H](O)[C@H]3O)cc2)cc1N(CC(=O)O)CC(=O)O. The molecular formula is C33H41N3O19. The largest absolute Gasteiger partial charge is 0.480 e. The van der Waals surface area contributed by atoms with E-state index in [1.807, 2.05) is 0 Å². The Morgan fingerprint density at radius 2 is 1.11 bits per heavy atom. The minimum Gasteiger partial charge on any atom is -0.480 e. The van der Waals surface area contributed by atoms with Gasteiger partial charge in [0.25, 0.3) is 5.91 Å². The minimum atomic E-state index is -1.89. The maximum Gasteiger partial charge on any atom is 0.323 e. The molecule has 2 saturated heterocycles. The van der Waals surface area contributed by atoms with Gasteiger partial charge in [0.1, 0.15) is 75.0 Å². The van der Waals surface area contributed by atoms with Crippen molar-refractivity contribution in [1.29, 1.82) is 0 Å². The number of nitrogens with zero attached hydrogens (tertiary/aromatic N) is 2. The highest BCUT2D eigenvalue weighted by Crippen LogP contribution is 2.35. The topological polar surface area (TPSA) is 354 Å². The van der Waals surface area contributed by atoms with E-state index in [2.05, 4.69) is 5.32 Å². The van der Waals surface area contributed by atoms with Crippen molar-refractivity contribution in [2.45, 2.75) is 61.3 Å². The van der Waals surface area contributed by atoms with Crippen LogP contribution < -0.4 is 15.1 Å². The van der Waals surface area contributed by atoms with Gasteiger partial charge in [0.15, 0.2) is 12.5 Å². The molecule has 22 nitrogen and oxygen atoms in total. The number of hydrogen-bond acceptors (Lipinski definition) is 17. The maximum atomic E-state index is 13.2. The van der Waals surface area contributed by atoms with E-state index in [1.165, 1.54) is 42.5 Å². The molecule has 1 amide bonds. The number of carboxylic acids is 4. The molecule has 2 heterocycles. The second kappa shape index (κ2) is 18.5. The molecule has 0 bridgehead atoms. The lowest BCUT2D eigenvalue weighted by molar-refractivity contribution is -0.342. The molecule has 22 heteroatoms. The summed E-state index contributed by atoms with van der Waals surface area (Å²) in [5.41, 5.74) is 0.500. The van der Waals surface area contributed by atoms with E-state index in [0.29, 0.717) is 11.1 Å². The van der Waals surface area contributed by atoms with Gasteiger partial charge in [0.2, 0.25) is 0 Å². The number of rotatable bonds is 17. The van der Waals surface area contributed by atoms with Crippen LogP contribution in [0, 0.1) is 0 Å². The van der Waals surface area contributed by atoms with Gasteiger partial charge in [0, 0.05) is 5.56 Å². The number of carboxylic acid groups (broad SMARTS) is 4. The van der Waals surface area contributed by atoms with Crippen LogP contribution in [0.1, 0.15) is 10.4 Å². The number of aliphatic hydroxyl groups is 7. The zero-order valence-electron chi connectivity index (χ0n) is 28.6. The van der Waals surface area contributed by atoms with Crippen molar-refractivity contribution in [2.24, 2.45) is 0 Å². The van der Waals surface area contributed by atoms with Crippen LogP contribution in [0.4, 0.5) is 11.4 Å². The van der Waals surface area contributed by atoms with Crippen molar-refractivity contribution in [2.75, 3.05) is 49.2 Å². The fraction of sp³-hybridized carbons (Fsp3) is 0.485. The number of carbonyl (C=O) groups is 5. The van der Waals surface area contributed by atoms with Crippen LogP contribution in [0.2, 0.25) is 0 Å². The first kappa shape index (κ1) is 42.7. The van der Waals surface area contributed by atoms with Crippen molar-refractivity contribution in [3.05, 3.63) is 48.0 Å². The Bertz CT molecular complexity index is 1660. The molecule has 2 aliphatic heterocycles. The predicted molar refractivity (Wildman–Crippen MR) is 181 cm³/mol. The first-order valence-corrected chi connectivity index (χ1v) is 16.5. The molecule has 2 fully saturated rings. The molecule has 0 radical (unpaired) electrons. The number of anilines is 2. The Labute approximate surface area is 310 Å². The molecule has 302 valence electrons. The van der Waals surface area contributed by atoms with Gasteiger partial charge in [-0.05, 0) is 35.4 Å². The minimum absolute atomic E-state index is 0.0152. The first-order valence-electron chi connectivity index (χ1n) is 16.5. The molecule has 0 unspecified atom stereocenters. The molecule has 2 aliphatic rings. The monoisotopic (exact) mass is 783 g/mol. The van der Waals surface area contributed by atoms with Crippen LogP contribution in [-0.2, 0) is 33.4 Å². The smallest absolute Gasteiger partial charge is 0.323 e. The van der Waals surface area contributed by atoms with Gasteiger partial charge >= 0.3 is 23.9 Å². The summed E-state index contributed by atoms with van der Waals surface area (Å²) in [6.07, 6.45) is -17.0. The summed E-state index contributed by atoms with van der Waals surface area (Å²) in [4.78, 5) is 61.4. The second-order valence-corrected chi connectivity index (χ2v) is 12.6. The van der Waals surface area contributed by atoms with Crippen LogP contribution in [0.5, 0.6) is 0 Å². The zero-order valence-corrected chi connectivity index (χ0v) is 28.6. The number of hydrogen-bond donors (Lipinski definition) is 12. The third-order valence-corrected chi connectivity index (χ3v) is 8.72. The van der Waals surface area contributed by atoms with E-state index in [0.717, 1.165) is 9.80 Å². The van der Waals surface area contributed by atoms with Crippen LogP contribution >= 0.6 is 0 Å². The Hall–Kier alpha value is -5.01. The summed E-state index contributed by atoms with van der Waals surface area (Å²) in [5, 5.41) is 112. The molecule has 2 aromatic rings. The lowest BCUT2D eigenvalue weighted by atomic mass is 9.96. The normalized spacial score (nSPS) is 27.8. The van der Waals surface area contributed by atoms with Crippen LogP contribution in [0.3, 0.4) is 0 Å². The summed E-state index contributed by atoms with van der Waals surface area (Å²) in [5.74, 6) is -6.53. The van der Waals surface area contributed by atoms with E-state index >= 15 is 0 Å². The Morgan fingerprint density at radius 3 is 1.62 bits per heavy atom. The molecule has 12 N–H and O–H groups in total. The van der Waals surface area contributed by atoms with E-state index in [-0.39, 0.29) is 16.9 Å². The van der Waals surface area contributed by atoms with Crippen molar-refractivity contribution >= 4 is 41.2 Å². The highest BCUT2D eigenvalue weighted by Gasteiger charge is 2.50. The number of benzene rings is 2. The molecule has 0 aromatic heterocycles. The Kier molecular flexibility index (Phi) is 14.4. The summed E-state index contributed by atoms with van der Waals surface area (Å²) in [7, 11) is 0. The molecule has 4 rings (SSSR count). The third-order valence-electron chi connectivity index (χ3n) is 8.72.